The van der Waals surface area contributed by atoms with Crippen molar-refractivity contribution in [2.45, 2.75) is 116 Å². The van der Waals surface area contributed by atoms with Crippen LogP contribution in [0.15, 0.2) is 34.9 Å². The van der Waals surface area contributed by atoms with Crippen molar-refractivity contribution in [3.63, 3.8) is 0 Å². The topological polar surface area (TPSA) is 80.9 Å². The summed E-state index contributed by atoms with van der Waals surface area (Å²) in [5, 5.41) is 40.1. The number of rotatable bonds is 8. The van der Waals surface area contributed by atoms with Gasteiger partial charge in [-0.15, -0.1) is 0 Å². The number of aliphatic hydroxyl groups excluding tert-OH is 3. The second-order valence-electron chi connectivity index (χ2n) is 12.0. The van der Waals surface area contributed by atoms with Crippen LogP contribution >= 0.6 is 0 Å². The zero-order valence-electron chi connectivity index (χ0n) is 21.4. The first kappa shape index (κ1) is 26.7. The molecule has 0 unspecified atom stereocenters. The molecular weight excluding hydrogens is 412 g/mol. The van der Waals surface area contributed by atoms with Crippen molar-refractivity contribution < 1.29 is 20.4 Å². The van der Waals surface area contributed by atoms with Gasteiger partial charge in [0, 0.05) is 6.61 Å². The Hall–Kier alpha value is -0.940. The molecule has 4 heteroatoms. The normalized spacial score (nSPS) is 35.0. The fourth-order valence-electron chi connectivity index (χ4n) is 7.17. The molecule has 0 heterocycles. The Labute approximate surface area is 201 Å². The summed E-state index contributed by atoms with van der Waals surface area (Å²) in [5.41, 5.74) is 3.14. The van der Waals surface area contributed by atoms with Crippen molar-refractivity contribution in [2.75, 3.05) is 6.61 Å². The van der Waals surface area contributed by atoms with Crippen LogP contribution in [0.1, 0.15) is 98.3 Å². The smallest absolute Gasteiger partial charge is 0.0812 e. The molecule has 3 rings (SSSR count). The minimum Gasteiger partial charge on any atom is -0.396 e. The molecule has 3 aliphatic carbocycles. The van der Waals surface area contributed by atoms with E-state index in [1.807, 2.05) is 13.8 Å². The van der Waals surface area contributed by atoms with E-state index in [1.165, 1.54) is 32.1 Å². The fourth-order valence-corrected chi connectivity index (χ4v) is 7.17. The molecule has 3 fully saturated rings. The summed E-state index contributed by atoms with van der Waals surface area (Å²) in [7, 11) is 0. The van der Waals surface area contributed by atoms with E-state index >= 15 is 0 Å². The first-order chi connectivity index (χ1) is 15.5. The summed E-state index contributed by atoms with van der Waals surface area (Å²) in [4.78, 5) is 0. The lowest BCUT2D eigenvalue weighted by Crippen LogP contribution is -2.36. The van der Waals surface area contributed by atoms with Crippen molar-refractivity contribution in [3.8, 4) is 0 Å². The van der Waals surface area contributed by atoms with Gasteiger partial charge in [-0.2, -0.15) is 0 Å². The van der Waals surface area contributed by atoms with E-state index in [2.05, 4.69) is 26.0 Å². The Morgan fingerprint density at radius 2 is 1.82 bits per heavy atom. The maximum atomic E-state index is 10.5. The summed E-state index contributed by atoms with van der Waals surface area (Å²) in [6.45, 7) is 8.81. The largest absolute Gasteiger partial charge is 0.396 e. The van der Waals surface area contributed by atoms with Gasteiger partial charge in [0.05, 0.1) is 17.8 Å². The summed E-state index contributed by atoms with van der Waals surface area (Å²) < 4.78 is 0. The molecule has 3 saturated carbocycles. The molecule has 0 aromatic heterocycles. The van der Waals surface area contributed by atoms with Gasteiger partial charge in [-0.05, 0) is 100 Å². The molecule has 0 bridgehead atoms. The quantitative estimate of drug-likeness (QED) is 0.363. The van der Waals surface area contributed by atoms with E-state index in [9.17, 15) is 15.3 Å². The first-order valence-corrected chi connectivity index (χ1v) is 13.3. The highest BCUT2D eigenvalue weighted by Crippen LogP contribution is 2.60. The third-order valence-corrected chi connectivity index (χ3v) is 8.90. The number of aliphatic hydroxyl groups is 4. The van der Waals surface area contributed by atoms with Crippen molar-refractivity contribution in [2.24, 2.45) is 23.2 Å². The van der Waals surface area contributed by atoms with Crippen molar-refractivity contribution in [3.05, 3.63) is 34.9 Å². The van der Waals surface area contributed by atoms with E-state index < -0.39 is 17.8 Å². The predicted molar refractivity (Wildman–Crippen MR) is 135 cm³/mol. The van der Waals surface area contributed by atoms with Gasteiger partial charge in [0.25, 0.3) is 0 Å². The minimum absolute atomic E-state index is 0.0386. The van der Waals surface area contributed by atoms with E-state index in [1.54, 1.807) is 11.6 Å². The van der Waals surface area contributed by atoms with Gasteiger partial charge >= 0.3 is 0 Å². The molecule has 0 radical (unpaired) electrons. The van der Waals surface area contributed by atoms with E-state index in [0.29, 0.717) is 42.1 Å². The van der Waals surface area contributed by atoms with Crippen LogP contribution in [0.4, 0.5) is 0 Å². The third-order valence-electron chi connectivity index (χ3n) is 8.90. The van der Waals surface area contributed by atoms with Gasteiger partial charge in [0.1, 0.15) is 0 Å². The van der Waals surface area contributed by atoms with Gasteiger partial charge in [-0.25, -0.2) is 0 Å². The molecule has 6 atom stereocenters. The van der Waals surface area contributed by atoms with Crippen LogP contribution in [0.5, 0.6) is 0 Å². The Kier molecular flexibility index (Phi) is 9.05. The highest BCUT2D eigenvalue weighted by molar-refractivity contribution is 5.30. The molecule has 3 aliphatic rings. The second kappa shape index (κ2) is 11.2. The van der Waals surface area contributed by atoms with Gasteiger partial charge in [-0.1, -0.05) is 56.1 Å². The Morgan fingerprint density at radius 1 is 1.12 bits per heavy atom. The first-order valence-electron chi connectivity index (χ1n) is 13.3. The minimum atomic E-state index is -0.651. The zero-order valence-corrected chi connectivity index (χ0v) is 21.4. The van der Waals surface area contributed by atoms with Crippen LogP contribution < -0.4 is 0 Å². The van der Waals surface area contributed by atoms with E-state index in [0.717, 1.165) is 30.8 Å². The number of allylic oxidation sites excluding steroid dienone is 3. The molecule has 188 valence electrons. The third kappa shape index (κ3) is 6.60. The van der Waals surface area contributed by atoms with Gasteiger partial charge in [0.15, 0.2) is 0 Å². The van der Waals surface area contributed by atoms with Crippen LogP contribution in [0.2, 0.25) is 0 Å². The predicted octanol–water partition coefficient (Wildman–Crippen LogP) is 5.46. The van der Waals surface area contributed by atoms with Crippen molar-refractivity contribution >= 4 is 0 Å². The van der Waals surface area contributed by atoms with Crippen molar-refractivity contribution in [1.29, 1.82) is 0 Å². The van der Waals surface area contributed by atoms with Gasteiger partial charge in [0.2, 0.25) is 0 Å². The average Bonchev–Trinajstić information content (AvgIpc) is 3.08. The fraction of sp³-hybridized carbons (Fsp3) is 0.793. The van der Waals surface area contributed by atoms with Crippen LogP contribution in [0.25, 0.3) is 0 Å². The van der Waals surface area contributed by atoms with Crippen LogP contribution in [0.3, 0.4) is 0 Å². The summed E-state index contributed by atoms with van der Waals surface area (Å²) >= 11 is 0. The van der Waals surface area contributed by atoms with Crippen LogP contribution in [-0.2, 0) is 0 Å². The Morgan fingerprint density at radius 3 is 2.45 bits per heavy atom. The monoisotopic (exact) mass is 460 g/mol. The summed E-state index contributed by atoms with van der Waals surface area (Å²) in [5.74, 6) is 2.08. The number of hydrogen-bond acceptors (Lipinski definition) is 4. The molecule has 33 heavy (non-hydrogen) atoms. The second-order valence-corrected chi connectivity index (χ2v) is 12.0. The highest BCUT2D eigenvalue weighted by Gasteiger charge is 2.50. The van der Waals surface area contributed by atoms with Crippen LogP contribution in [0, 0.1) is 23.2 Å². The van der Waals surface area contributed by atoms with E-state index in [4.69, 9.17) is 5.11 Å². The molecule has 0 amide bonds. The zero-order chi connectivity index (χ0) is 24.2. The highest BCUT2D eigenvalue weighted by atomic mass is 16.3. The lowest BCUT2D eigenvalue weighted by Gasteiger charge is -2.44. The summed E-state index contributed by atoms with van der Waals surface area (Å²) in [6, 6.07) is 0. The molecular formula is C29H48O4. The number of fused-ring (bicyclic) bond motifs is 1. The standard InChI is InChI=1S/C29H48O4/c1-20(8-5-15-28(2,3)33)24-13-14-25-22(9-6-16-29(24,25)4)12-11-21-18-26(31)23(10-7-17-30)27(32)19-21/h10-12,20,24-27,30-33H,5-9,13-19H2,1-4H3/t20-,24-,25+,26-,27-,29-/m1/s1. The van der Waals surface area contributed by atoms with Gasteiger partial charge in [-0.3, -0.25) is 0 Å². The molecule has 0 aromatic carbocycles. The molecule has 4 nitrogen and oxygen atoms in total. The summed E-state index contributed by atoms with van der Waals surface area (Å²) in [6.07, 6.45) is 16.1. The Bertz CT molecular complexity index is 727. The number of hydrogen-bond donors (Lipinski definition) is 4. The lowest BCUT2D eigenvalue weighted by molar-refractivity contribution is 0.0596. The van der Waals surface area contributed by atoms with Crippen molar-refractivity contribution in [1.82, 2.24) is 0 Å². The molecule has 0 saturated heterocycles. The molecule has 4 N–H and O–H groups in total. The average molecular weight is 461 g/mol. The maximum absolute atomic E-state index is 10.5. The molecule has 0 aliphatic heterocycles. The Balaban J connectivity index is 1.66. The maximum Gasteiger partial charge on any atom is 0.0812 e. The molecule has 0 spiro atoms. The van der Waals surface area contributed by atoms with Gasteiger partial charge < -0.3 is 20.4 Å². The molecule has 0 aromatic rings. The van der Waals surface area contributed by atoms with E-state index in [-0.39, 0.29) is 6.61 Å². The SMILES string of the molecule is C[C@H](CCCC(C)(C)O)[C@H]1CC[C@H]2C(=CC=C3C[C@@H](O)C(=CCCO)[C@H](O)C3)CCC[C@]12C. The van der Waals surface area contributed by atoms with Crippen LogP contribution in [-0.4, -0.2) is 44.8 Å². The lowest BCUT2D eigenvalue weighted by atomic mass is 9.60.